The van der Waals surface area contributed by atoms with Crippen molar-refractivity contribution in [2.45, 2.75) is 45.4 Å². The van der Waals surface area contributed by atoms with Crippen molar-refractivity contribution in [2.24, 2.45) is 4.99 Å². The van der Waals surface area contributed by atoms with E-state index in [9.17, 15) is 0 Å². The summed E-state index contributed by atoms with van der Waals surface area (Å²) >= 11 is 0. The predicted octanol–water partition coefficient (Wildman–Crippen LogP) is 2.34. The van der Waals surface area contributed by atoms with Crippen molar-refractivity contribution >= 4 is 29.9 Å². The van der Waals surface area contributed by atoms with Gasteiger partial charge in [-0.1, -0.05) is 24.3 Å². The fourth-order valence-corrected chi connectivity index (χ4v) is 3.51. The third-order valence-electron chi connectivity index (χ3n) is 5.03. The molecule has 4 rings (SSSR count). The average molecular weight is 506 g/mol. The number of nitrogens with one attached hydrogen (secondary N) is 2. The first-order valence-corrected chi connectivity index (χ1v) is 9.73. The Bertz CT molecular complexity index is 932. The lowest BCUT2D eigenvalue weighted by molar-refractivity contribution is 0.504. The van der Waals surface area contributed by atoms with Crippen LogP contribution in [-0.4, -0.2) is 37.6 Å². The van der Waals surface area contributed by atoms with Crippen LogP contribution >= 0.6 is 24.0 Å². The van der Waals surface area contributed by atoms with E-state index in [1.54, 1.807) is 13.2 Å². The number of hydrogen-bond donors (Lipinski definition) is 2. The van der Waals surface area contributed by atoms with Crippen molar-refractivity contribution in [3.8, 4) is 0 Å². The van der Waals surface area contributed by atoms with Crippen molar-refractivity contribution in [2.75, 3.05) is 7.05 Å². The van der Waals surface area contributed by atoms with Crippen molar-refractivity contribution < 1.29 is 0 Å². The normalized spacial score (nSPS) is 13.5. The lowest BCUT2D eigenvalue weighted by Gasteiger charge is -2.16. The molecule has 2 aromatic heterocycles. The fourth-order valence-electron chi connectivity index (χ4n) is 3.51. The number of guanidine groups is 1. The molecule has 0 bridgehead atoms. The number of aromatic nitrogens is 5. The molecule has 0 atom stereocenters. The first-order chi connectivity index (χ1) is 13.8. The number of nitrogens with zero attached hydrogens (tertiary/aromatic N) is 6. The highest BCUT2D eigenvalue weighted by Gasteiger charge is 2.15. The van der Waals surface area contributed by atoms with E-state index in [1.807, 2.05) is 16.9 Å². The van der Waals surface area contributed by atoms with Gasteiger partial charge in [-0.05, 0) is 30.0 Å². The first kappa shape index (κ1) is 21.3. The summed E-state index contributed by atoms with van der Waals surface area (Å²) in [7, 11) is 1.78. The summed E-state index contributed by atoms with van der Waals surface area (Å²) in [6, 6.07) is 10.3. The molecule has 29 heavy (non-hydrogen) atoms. The van der Waals surface area contributed by atoms with Gasteiger partial charge in [-0.25, -0.2) is 0 Å². The minimum atomic E-state index is 0. The van der Waals surface area contributed by atoms with Crippen LogP contribution in [0, 0.1) is 0 Å². The molecule has 0 saturated heterocycles. The van der Waals surface area contributed by atoms with Gasteiger partial charge in [-0.3, -0.25) is 9.67 Å². The maximum Gasteiger partial charge on any atom is 0.191 e. The van der Waals surface area contributed by atoms with Crippen molar-refractivity contribution in [3.63, 3.8) is 0 Å². The number of aliphatic imine (C=N–C) groups is 1. The summed E-state index contributed by atoms with van der Waals surface area (Å²) in [6.07, 6.45) is 7.19. The summed E-state index contributed by atoms with van der Waals surface area (Å²) in [5.41, 5.74) is 2.46. The minimum Gasteiger partial charge on any atom is -0.352 e. The van der Waals surface area contributed by atoms with Gasteiger partial charge in [0.2, 0.25) is 0 Å². The van der Waals surface area contributed by atoms with Crippen molar-refractivity contribution in [3.05, 3.63) is 65.5 Å². The smallest absolute Gasteiger partial charge is 0.191 e. The highest BCUT2D eigenvalue weighted by Crippen LogP contribution is 2.14. The molecule has 0 saturated carbocycles. The van der Waals surface area contributed by atoms with E-state index in [-0.39, 0.29) is 24.0 Å². The molecule has 0 fully saturated rings. The molecule has 0 unspecified atom stereocenters. The molecule has 0 spiro atoms. The molecule has 8 nitrogen and oxygen atoms in total. The number of hydrogen-bond acceptors (Lipinski definition) is 4. The molecule has 3 heterocycles. The fraction of sp³-hybridized carbons (Fsp3) is 0.400. The second-order valence-corrected chi connectivity index (χ2v) is 6.89. The SMILES string of the molecule is CN=C(NCc1ccccc1Cn1cccn1)NCc1nnc2n1CCCC2.I. The molecule has 1 aliphatic heterocycles. The Kier molecular flexibility index (Phi) is 7.62. The molecular weight excluding hydrogens is 479 g/mol. The Hall–Kier alpha value is -2.43. The maximum atomic E-state index is 4.34. The minimum absolute atomic E-state index is 0. The van der Waals surface area contributed by atoms with Crippen molar-refractivity contribution in [1.82, 2.24) is 35.2 Å². The summed E-state index contributed by atoms with van der Waals surface area (Å²) in [5, 5.41) is 19.7. The van der Waals surface area contributed by atoms with Crippen LogP contribution in [0.1, 0.15) is 35.6 Å². The lowest BCUT2D eigenvalue weighted by Crippen LogP contribution is -2.37. The Morgan fingerprint density at radius 1 is 1.07 bits per heavy atom. The Balaban J connectivity index is 0.00000240. The van der Waals surface area contributed by atoms with E-state index in [4.69, 9.17) is 0 Å². The molecule has 1 aromatic carbocycles. The maximum absolute atomic E-state index is 4.34. The molecule has 154 valence electrons. The third-order valence-corrected chi connectivity index (χ3v) is 5.03. The second-order valence-electron chi connectivity index (χ2n) is 6.89. The number of halogens is 1. The van der Waals surface area contributed by atoms with Crippen LogP contribution in [0.25, 0.3) is 0 Å². The van der Waals surface area contributed by atoms with Crippen LogP contribution in [0.3, 0.4) is 0 Å². The second kappa shape index (κ2) is 10.4. The molecule has 0 amide bonds. The zero-order valence-corrected chi connectivity index (χ0v) is 18.9. The average Bonchev–Trinajstić information content (AvgIpc) is 3.39. The summed E-state index contributed by atoms with van der Waals surface area (Å²) in [6.45, 7) is 3.06. The lowest BCUT2D eigenvalue weighted by atomic mass is 10.1. The van der Waals surface area contributed by atoms with E-state index in [0.29, 0.717) is 13.1 Å². The Morgan fingerprint density at radius 3 is 2.69 bits per heavy atom. The zero-order chi connectivity index (χ0) is 19.2. The van der Waals surface area contributed by atoms with Crippen LogP contribution < -0.4 is 10.6 Å². The van der Waals surface area contributed by atoms with Gasteiger partial charge in [0.15, 0.2) is 11.8 Å². The number of rotatable bonds is 6. The van der Waals surface area contributed by atoms with E-state index in [1.165, 1.54) is 24.0 Å². The van der Waals surface area contributed by atoms with Gasteiger partial charge in [0.1, 0.15) is 5.82 Å². The van der Waals surface area contributed by atoms with Crippen LogP contribution in [-0.2, 0) is 32.6 Å². The summed E-state index contributed by atoms with van der Waals surface area (Å²) < 4.78 is 4.16. The van der Waals surface area contributed by atoms with Crippen molar-refractivity contribution in [1.29, 1.82) is 0 Å². The molecule has 2 N–H and O–H groups in total. The van der Waals surface area contributed by atoms with Crippen LogP contribution in [0.15, 0.2) is 47.7 Å². The summed E-state index contributed by atoms with van der Waals surface area (Å²) in [5.74, 6) is 2.82. The van der Waals surface area contributed by atoms with Crippen LogP contribution in [0.4, 0.5) is 0 Å². The first-order valence-electron chi connectivity index (χ1n) is 9.73. The molecule has 0 aliphatic carbocycles. The topological polar surface area (TPSA) is 84.9 Å². The number of fused-ring (bicyclic) bond motifs is 1. The molecule has 1 aliphatic rings. The third kappa shape index (κ3) is 5.34. The molecule has 3 aromatic rings. The van der Waals surface area contributed by atoms with E-state index in [2.05, 4.69) is 59.8 Å². The monoisotopic (exact) mass is 506 g/mol. The molecule has 0 radical (unpaired) electrons. The van der Waals surface area contributed by atoms with Crippen LogP contribution in [0.5, 0.6) is 0 Å². The van der Waals surface area contributed by atoms with Gasteiger partial charge < -0.3 is 15.2 Å². The van der Waals surface area contributed by atoms with Gasteiger partial charge in [0.25, 0.3) is 0 Å². The standard InChI is InChI=1S/C20H26N8.HI/c1-21-20(23-14-19-26-25-18-9-4-5-12-28(18)19)22-13-16-7-2-3-8-17(16)15-27-11-6-10-24-27;/h2-3,6-8,10-11H,4-5,9,12-15H2,1H3,(H2,21,22,23);1H. The molecule has 9 heteroatoms. The highest BCUT2D eigenvalue weighted by molar-refractivity contribution is 14.0. The molecular formula is C20H27IN8. The van der Waals surface area contributed by atoms with E-state index >= 15 is 0 Å². The van der Waals surface area contributed by atoms with E-state index in [0.717, 1.165) is 37.1 Å². The van der Waals surface area contributed by atoms with Gasteiger partial charge in [-0.2, -0.15) is 5.10 Å². The van der Waals surface area contributed by atoms with Gasteiger partial charge in [-0.15, -0.1) is 34.2 Å². The Morgan fingerprint density at radius 2 is 1.90 bits per heavy atom. The van der Waals surface area contributed by atoms with E-state index < -0.39 is 0 Å². The predicted molar refractivity (Wildman–Crippen MR) is 123 cm³/mol. The van der Waals surface area contributed by atoms with Gasteiger partial charge >= 0.3 is 0 Å². The number of aryl methyl sites for hydroxylation is 1. The highest BCUT2D eigenvalue weighted by atomic mass is 127. The zero-order valence-electron chi connectivity index (χ0n) is 16.6. The van der Waals surface area contributed by atoms with Gasteiger partial charge in [0, 0.05) is 39.0 Å². The van der Waals surface area contributed by atoms with Crippen LogP contribution in [0.2, 0.25) is 0 Å². The Labute approximate surface area is 187 Å². The quantitative estimate of drug-likeness (QED) is 0.305. The largest absolute Gasteiger partial charge is 0.352 e. The summed E-state index contributed by atoms with van der Waals surface area (Å²) in [4.78, 5) is 4.34. The van der Waals surface area contributed by atoms with Gasteiger partial charge in [0.05, 0.1) is 13.1 Å². The number of benzene rings is 1.